The van der Waals surface area contributed by atoms with Crippen LogP contribution in [-0.4, -0.2) is 23.9 Å². The summed E-state index contributed by atoms with van der Waals surface area (Å²) in [6, 6.07) is 9.56. The van der Waals surface area contributed by atoms with Crippen molar-refractivity contribution in [1.82, 2.24) is 0 Å². The average Bonchev–Trinajstić information content (AvgIpc) is 3.43. The lowest BCUT2D eigenvalue weighted by atomic mass is 10.0. The molecule has 1 fully saturated rings. The van der Waals surface area contributed by atoms with Crippen molar-refractivity contribution in [3.05, 3.63) is 58.1 Å². The Morgan fingerprint density at radius 1 is 1.17 bits per heavy atom. The lowest BCUT2D eigenvalue weighted by molar-refractivity contribution is 0.254. The zero-order valence-corrected chi connectivity index (χ0v) is 13.5. The van der Waals surface area contributed by atoms with Crippen molar-refractivity contribution in [2.45, 2.75) is 19.3 Å². The second-order valence-electron chi connectivity index (χ2n) is 5.72. The monoisotopic (exact) mass is 327 g/mol. The zero-order chi connectivity index (χ0) is 17.1. The average molecular weight is 327 g/mol. The number of hydrogen-bond donors (Lipinski definition) is 3. The molecule has 1 aliphatic rings. The molecule has 0 aromatic heterocycles. The first-order valence-corrected chi connectivity index (χ1v) is 7.77. The molecule has 1 unspecified atom stereocenters. The second kappa shape index (κ2) is 7.05. The van der Waals surface area contributed by atoms with E-state index in [0.717, 1.165) is 29.0 Å². The minimum Gasteiger partial charge on any atom is -0.496 e. The van der Waals surface area contributed by atoms with Crippen LogP contribution in [0, 0.1) is 0 Å². The fourth-order valence-electron chi connectivity index (χ4n) is 2.74. The normalized spacial score (nSPS) is 16.5. The van der Waals surface area contributed by atoms with Gasteiger partial charge in [-0.1, -0.05) is 24.3 Å². The molecular weight excluding hydrogens is 306 g/mol. The molecule has 5 heteroatoms. The summed E-state index contributed by atoms with van der Waals surface area (Å²) < 4.78 is 10.6. The van der Waals surface area contributed by atoms with Crippen LogP contribution in [0.15, 0.2) is 30.3 Å². The number of benzene rings is 2. The summed E-state index contributed by atoms with van der Waals surface area (Å²) in [4.78, 5) is 0. The molecule has 126 valence electrons. The summed E-state index contributed by atoms with van der Waals surface area (Å²) in [6.45, 7) is 0.404. The van der Waals surface area contributed by atoms with Crippen molar-refractivity contribution in [1.29, 1.82) is 0 Å². The number of ether oxygens (including phenoxy) is 2. The molecule has 0 aliphatic carbocycles. The summed E-state index contributed by atoms with van der Waals surface area (Å²) in [5.74, 6) is 0.560. The molecule has 5 nitrogen and oxygen atoms in total. The van der Waals surface area contributed by atoms with E-state index in [0.29, 0.717) is 16.9 Å². The molecule has 1 atom stereocenters. The van der Waals surface area contributed by atoms with Crippen LogP contribution in [0.3, 0.4) is 0 Å². The van der Waals surface area contributed by atoms with E-state index in [1.54, 1.807) is 7.11 Å². The zero-order valence-electron chi connectivity index (χ0n) is 13.5. The summed E-state index contributed by atoms with van der Waals surface area (Å²) in [6.07, 6.45) is 4.01. The molecule has 2 aromatic carbocycles. The number of aliphatic hydroxyl groups is 2. The van der Waals surface area contributed by atoms with Crippen LogP contribution < -0.4 is 10.5 Å². The minimum absolute atomic E-state index is 0.144. The van der Waals surface area contributed by atoms with Crippen LogP contribution in [-0.2, 0) is 18.0 Å². The van der Waals surface area contributed by atoms with Crippen LogP contribution in [0.2, 0.25) is 0 Å². The first kappa shape index (κ1) is 16.5. The van der Waals surface area contributed by atoms with Gasteiger partial charge in [0.25, 0.3) is 0 Å². The van der Waals surface area contributed by atoms with Gasteiger partial charge in [-0.15, -0.1) is 0 Å². The van der Waals surface area contributed by atoms with Gasteiger partial charge >= 0.3 is 0 Å². The molecule has 1 aliphatic heterocycles. The van der Waals surface area contributed by atoms with E-state index in [1.165, 1.54) is 0 Å². The topological polar surface area (TPSA) is 88.2 Å². The van der Waals surface area contributed by atoms with Crippen molar-refractivity contribution in [2.24, 2.45) is 0 Å². The Balaban J connectivity index is 1.87. The minimum atomic E-state index is -0.176. The van der Waals surface area contributed by atoms with Gasteiger partial charge in [0.05, 0.1) is 26.9 Å². The highest BCUT2D eigenvalue weighted by Gasteiger charge is 2.26. The lowest BCUT2D eigenvalue weighted by Gasteiger charge is -2.12. The third kappa shape index (κ3) is 3.43. The molecule has 0 spiro atoms. The Morgan fingerprint density at radius 3 is 2.50 bits per heavy atom. The third-order valence-electron chi connectivity index (χ3n) is 4.13. The maximum atomic E-state index is 9.48. The van der Waals surface area contributed by atoms with Crippen LogP contribution in [0.1, 0.15) is 33.9 Å². The highest BCUT2D eigenvalue weighted by Crippen LogP contribution is 2.34. The fourth-order valence-corrected chi connectivity index (χ4v) is 2.74. The molecule has 1 saturated heterocycles. The molecule has 0 amide bonds. The van der Waals surface area contributed by atoms with Gasteiger partial charge in [-0.25, -0.2) is 0 Å². The van der Waals surface area contributed by atoms with Crippen LogP contribution in [0.4, 0.5) is 5.69 Å². The van der Waals surface area contributed by atoms with Crippen molar-refractivity contribution in [2.75, 3.05) is 19.5 Å². The van der Waals surface area contributed by atoms with Crippen molar-refractivity contribution in [3.63, 3.8) is 0 Å². The molecule has 4 N–H and O–H groups in total. The highest BCUT2D eigenvalue weighted by atomic mass is 16.6. The van der Waals surface area contributed by atoms with E-state index in [9.17, 15) is 10.2 Å². The van der Waals surface area contributed by atoms with E-state index in [1.807, 2.05) is 42.5 Å². The Labute approximate surface area is 141 Å². The highest BCUT2D eigenvalue weighted by molar-refractivity contribution is 5.73. The quantitative estimate of drug-likeness (QED) is 0.431. The summed E-state index contributed by atoms with van der Waals surface area (Å²) in [5, 5.41) is 18.9. The summed E-state index contributed by atoms with van der Waals surface area (Å²) in [5.41, 5.74) is 10.9. The smallest absolute Gasteiger partial charge is 0.125 e. The SMILES string of the molecule is COc1cc(/C=C\c2ccc(C3CO3)c(N)c2)cc(CO)c1CO. The van der Waals surface area contributed by atoms with Gasteiger partial charge in [0.1, 0.15) is 11.9 Å². The van der Waals surface area contributed by atoms with E-state index >= 15 is 0 Å². The predicted octanol–water partition coefficient (Wildman–Crippen LogP) is 2.50. The van der Waals surface area contributed by atoms with Crippen molar-refractivity contribution >= 4 is 17.8 Å². The van der Waals surface area contributed by atoms with Gasteiger partial charge < -0.3 is 25.4 Å². The van der Waals surface area contributed by atoms with Gasteiger partial charge in [-0.2, -0.15) is 0 Å². The summed E-state index contributed by atoms with van der Waals surface area (Å²) >= 11 is 0. The molecule has 24 heavy (non-hydrogen) atoms. The maximum absolute atomic E-state index is 9.48. The molecule has 0 radical (unpaired) electrons. The van der Waals surface area contributed by atoms with E-state index in [4.69, 9.17) is 15.2 Å². The van der Waals surface area contributed by atoms with Crippen LogP contribution >= 0.6 is 0 Å². The second-order valence-corrected chi connectivity index (χ2v) is 5.72. The van der Waals surface area contributed by atoms with Crippen molar-refractivity contribution in [3.8, 4) is 5.75 Å². The van der Waals surface area contributed by atoms with Gasteiger partial charge in [0.2, 0.25) is 0 Å². The Hall–Kier alpha value is -2.34. The van der Waals surface area contributed by atoms with Crippen LogP contribution in [0.5, 0.6) is 5.75 Å². The molecule has 1 heterocycles. The molecule has 2 aromatic rings. The Kier molecular flexibility index (Phi) is 4.85. The Morgan fingerprint density at radius 2 is 1.92 bits per heavy atom. The number of anilines is 1. The van der Waals surface area contributed by atoms with E-state index < -0.39 is 0 Å². The maximum Gasteiger partial charge on any atom is 0.125 e. The number of rotatable bonds is 6. The fraction of sp³-hybridized carbons (Fsp3) is 0.263. The van der Waals surface area contributed by atoms with E-state index in [2.05, 4.69) is 0 Å². The molecule has 0 bridgehead atoms. The number of methoxy groups -OCH3 is 1. The van der Waals surface area contributed by atoms with E-state index in [-0.39, 0.29) is 19.3 Å². The van der Waals surface area contributed by atoms with Gasteiger partial charge in [-0.05, 0) is 34.9 Å². The lowest BCUT2D eigenvalue weighted by Crippen LogP contribution is -1.99. The number of aliphatic hydroxyl groups excluding tert-OH is 2. The van der Waals surface area contributed by atoms with Gasteiger partial charge in [0.15, 0.2) is 0 Å². The first-order chi connectivity index (χ1) is 11.7. The van der Waals surface area contributed by atoms with Gasteiger partial charge in [0, 0.05) is 16.8 Å². The number of hydrogen-bond acceptors (Lipinski definition) is 5. The van der Waals surface area contributed by atoms with Crippen LogP contribution in [0.25, 0.3) is 12.2 Å². The molecule has 3 rings (SSSR count). The first-order valence-electron chi connectivity index (χ1n) is 7.77. The third-order valence-corrected chi connectivity index (χ3v) is 4.13. The molecule has 0 saturated carbocycles. The van der Waals surface area contributed by atoms with Crippen molar-refractivity contribution < 1.29 is 19.7 Å². The predicted molar refractivity (Wildman–Crippen MR) is 93.3 cm³/mol. The Bertz CT molecular complexity index is 741. The summed E-state index contributed by atoms with van der Waals surface area (Å²) in [7, 11) is 1.54. The number of nitrogens with two attached hydrogens (primary N) is 1. The standard InChI is InChI=1S/C19H21NO4/c1-23-18-8-13(6-14(9-21)16(18)10-22)3-2-12-4-5-15(17(20)7-12)19-11-24-19/h2-8,19,21-22H,9-11,20H2,1H3/b3-2-. The van der Waals surface area contributed by atoms with Gasteiger partial charge in [-0.3, -0.25) is 0 Å². The number of epoxide rings is 1. The molecular formula is C19H21NO4. The largest absolute Gasteiger partial charge is 0.496 e. The number of nitrogen functional groups attached to an aromatic ring is 1.